The van der Waals surface area contributed by atoms with E-state index in [0.29, 0.717) is 11.8 Å². The van der Waals surface area contributed by atoms with Gasteiger partial charge in [-0.2, -0.15) is 0 Å². The fraction of sp³-hybridized carbons (Fsp3) is 0.529. The molecule has 6 heteroatoms. The van der Waals surface area contributed by atoms with Crippen LogP contribution in [0.1, 0.15) is 31.2 Å². The molecule has 2 atom stereocenters. The van der Waals surface area contributed by atoms with E-state index in [1.807, 2.05) is 0 Å². The Morgan fingerprint density at radius 2 is 1.91 bits per heavy atom. The van der Waals surface area contributed by atoms with Crippen molar-refractivity contribution in [2.75, 3.05) is 6.54 Å². The van der Waals surface area contributed by atoms with Gasteiger partial charge in [0.2, 0.25) is 5.91 Å². The van der Waals surface area contributed by atoms with Crippen molar-refractivity contribution < 1.29 is 23.5 Å². The van der Waals surface area contributed by atoms with Crippen molar-refractivity contribution in [1.29, 1.82) is 0 Å². The summed E-state index contributed by atoms with van der Waals surface area (Å²) in [6.45, 7) is -0.0777. The summed E-state index contributed by atoms with van der Waals surface area (Å²) >= 11 is 0. The number of benzene rings is 1. The number of rotatable bonds is 6. The highest BCUT2D eigenvalue weighted by Crippen LogP contribution is 2.58. The summed E-state index contributed by atoms with van der Waals surface area (Å²) in [6.07, 6.45) is 2.99. The Labute approximate surface area is 133 Å². The van der Waals surface area contributed by atoms with E-state index < -0.39 is 17.6 Å². The molecule has 0 radical (unpaired) electrons. The summed E-state index contributed by atoms with van der Waals surface area (Å²) in [4.78, 5) is 24.8. The first-order chi connectivity index (χ1) is 11.0. The number of amides is 1. The van der Waals surface area contributed by atoms with E-state index in [0.717, 1.165) is 25.3 Å². The Morgan fingerprint density at radius 1 is 1.22 bits per heavy atom. The van der Waals surface area contributed by atoms with Gasteiger partial charge in [0.25, 0.3) is 0 Å². The highest BCUT2D eigenvalue weighted by atomic mass is 19.2. The second-order valence-electron chi connectivity index (χ2n) is 6.40. The van der Waals surface area contributed by atoms with Crippen LogP contribution >= 0.6 is 0 Å². The van der Waals surface area contributed by atoms with Gasteiger partial charge >= 0.3 is 5.97 Å². The summed E-state index contributed by atoms with van der Waals surface area (Å²) < 4.78 is 27.2. The maximum absolute atomic E-state index is 13.8. The molecule has 0 unspecified atom stereocenters. The minimum Gasteiger partial charge on any atom is -0.481 e. The number of aliphatic carboxylic acids is 1. The molecule has 0 saturated heterocycles. The fourth-order valence-electron chi connectivity index (χ4n) is 3.77. The lowest BCUT2D eigenvalue weighted by molar-refractivity contribution is -0.139. The number of carboxylic acid groups (broad SMARTS) is 1. The third kappa shape index (κ3) is 3.21. The van der Waals surface area contributed by atoms with Crippen molar-refractivity contribution in [3.05, 3.63) is 35.4 Å². The highest BCUT2D eigenvalue weighted by Gasteiger charge is 2.57. The van der Waals surface area contributed by atoms with Crippen LogP contribution in [0.4, 0.5) is 8.78 Å². The third-order valence-corrected chi connectivity index (χ3v) is 4.99. The molecule has 2 aliphatic carbocycles. The highest BCUT2D eigenvalue weighted by molar-refractivity contribution is 5.83. The van der Waals surface area contributed by atoms with E-state index in [9.17, 15) is 18.4 Å². The molecule has 4 nitrogen and oxygen atoms in total. The lowest BCUT2D eigenvalue weighted by atomic mass is 10.1. The van der Waals surface area contributed by atoms with Gasteiger partial charge < -0.3 is 10.0 Å². The van der Waals surface area contributed by atoms with Gasteiger partial charge in [-0.1, -0.05) is 18.6 Å². The molecule has 2 saturated carbocycles. The Hall–Kier alpha value is -1.98. The predicted octanol–water partition coefficient (Wildman–Crippen LogP) is 2.81. The Morgan fingerprint density at radius 3 is 2.57 bits per heavy atom. The molecule has 2 aliphatic rings. The monoisotopic (exact) mass is 323 g/mol. The van der Waals surface area contributed by atoms with E-state index in [-0.39, 0.29) is 36.9 Å². The summed E-state index contributed by atoms with van der Waals surface area (Å²) in [7, 11) is 0. The van der Waals surface area contributed by atoms with Gasteiger partial charge in [-0.05, 0) is 30.7 Å². The SMILES string of the molecule is O=C(O)CCN(Cc1cccc(F)c1F)C(=O)C1[C@@H]2CCC[C@@H]12. The largest absolute Gasteiger partial charge is 0.481 e. The van der Waals surface area contributed by atoms with Gasteiger partial charge in [0.1, 0.15) is 0 Å². The van der Waals surface area contributed by atoms with Crippen LogP contribution in [0.5, 0.6) is 0 Å². The zero-order chi connectivity index (χ0) is 16.6. The predicted molar refractivity (Wildman–Crippen MR) is 78.3 cm³/mol. The van der Waals surface area contributed by atoms with Gasteiger partial charge in [0.15, 0.2) is 11.6 Å². The van der Waals surface area contributed by atoms with Gasteiger partial charge in [0.05, 0.1) is 6.42 Å². The smallest absolute Gasteiger partial charge is 0.305 e. The van der Waals surface area contributed by atoms with Crippen molar-refractivity contribution in [2.24, 2.45) is 17.8 Å². The zero-order valence-electron chi connectivity index (χ0n) is 12.7. The Balaban J connectivity index is 1.74. The number of carbonyl (C=O) groups is 2. The Kier molecular flexibility index (Phi) is 4.33. The summed E-state index contributed by atoms with van der Waals surface area (Å²) in [5, 5.41) is 8.85. The number of carbonyl (C=O) groups excluding carboxylic acids is 1. The van der Waals surface area contributed by atoms with E-state index >= 15 is 0 Å². The first-order valence-electron chi connectivity index (χ1n) is 7.92. The molecule has 124 valence electrons. The lowest BCUT2D eigenvalue weighted by Gasteiger charge is -2.23. The normalized spacial score (nSPS) is 25.0. The number of hydrogen-bond acceptors (Lipinski definition) is 2. The van der Waals surface area contributed by atoms with Gasteiger partial charge in [-0.25, -0.2) is 8.78 Å². The average molecular weight is 323 g/mol. The molecule has 0 bridgehead atoms. The molecule has 2 fully saturated rings. The molecule has 0 aromatic heterocycles. The van der Waals surface area contributed by atoms with E-state index in [1.165, 1.54) is 17.0 Å². The van der Waals surface area contributed by atoms with Crippen LogP contribution in [0.2, 0.25) is 0 Å². The number of nitrogens with zero attached hydrogens (tertiary/aromatic N) is 1. The Bertz CT molecular complexity index is 624. The number of carboxylic acids is 1. The van der Waals surface area contributed by atoms with Crippen LogP contribution in [0.25, 0.3) is 0 Å². The molecule has 1 amide bonds. The third-order valence-electron chi connectivity index (χ3n) is 4.99. The molecule has 1 aromatic carbocycles. The van der Waals surface area contributed by atoms with E-state index in [1.54, 1.807) is 0 Å². The summed E-state index contributed by atoms with van der Waals surface area (Å²) in [6, 6.07) is 3.83. The molecule has 23 heavy (non-hydrogen) atoms. The second kappa shape index (κ2) is 6.26. The molecule has 1 N–H and O–H groups in total. The number of fused-ring (bicyclic) bond motifs is 1. The lowest BCUT2D eigenvalue weighted by Crippen LogP contribution is -2.35. The molecular weight excluding hydrogens is 304 g/mol. The minimum atomic E-state index is -1.02. The second-order valence-corrected chi connectivity index (χ2v) is 6.40. The van der Waals surface area contributed by atoms with Crippen LogP contribution < -0.4 is 0 Å². The standard InChI is InChI=1S/C17H19F2NO3/c18-13-6-1-3-10(16(13)19)9-20(8-7-14(21)22)17(23)15-11-4-2-5-12(11)15/h1,3,6,11-12,15H,2,4-5,7-9H2,(H,21,22)/t11-,12-/m1/s1. The first kappa shape index (κ1) is 15.9. The molecule has 0 spiro atoms. The average Bonchev–Trinajstić information content (AvgIpc) is 2.99. The van der Waals surface area contributed by atoms with Crippen molar-refractivity contribution in [1.82, 2.24) is 4.90 Å². The first-order valence-corrected chi connectivity index (χ1v) is 7.92. The van der Waals surface area contributed by atoms with Crippen LogP contribution in [-0.2, 0) is 16.1 Å². The quantitative estimate of drug-likeness (QED) is 0.876. The molecular formula is C17H19F2NO3. The van der Waals surface area contributed by atoms with Gasteiger partial charge in [-0.3, -0.25) is 9.59 Å². The number of halogens is 2. The summed E-state index contributed by atoms with van der Waals surface area (Å²) in [5.74, 6) is -2.34. The van der Waals surface area contributed by atoms with Gasteiger partial charge in [-0.15, -0.1) is 0 Å². The van der Waals surface area contributed by atoms with E-state index in [4.69, 9.17) is 5.11 Å². The van der Waals surface area contributed by atoms with Crippen molar-refractivity contribution >= 4 is 11.9 Å². The molecule has 3 rings (SSSR count). The molecule has 1 aromatic rings. The van der Waals surface area contributed by atoms with Crippen LogP contribution in [0.15, 0.2) is 18.2 Å². The maximum Gasteiger partial charge on any atom is 0.305 e. The topological polar surface area (TPSA) is 57.6 Å². The summed E-state index contributed by atoms with van der Waals surface area (Å²) in [5.41, 5.74) is 0.0783. The van der Waals surface area contributed by atoms with Crippen molar-refractivity contribution in [3.8, 4) is 0 Å². The van der Waals surface area contributed by atoms with Crippen LogP contribution in [0, 0.1) is 29.4 Å². The van der Waals surface area contributed by atoms with Crippen molar-refractivity contribution in [3.63, 3.8) is 0 Å². The van der Waals surface area contributed by atoms with Crippen LogP contribution in [-0.4, -0.2) is 28.4 Å². The minimum absolute atomic E-state index is 0.0139. The molecule has 0 heterocycles. The fourth-order valence-corrected chi connectivity index (χ4v) is 3.77. The van der Waals surface area contributed by atoms with Crippen LogP contribution in [0.3, 0.4) is 0 Å². The van der Waals surface area contributed by atoms with Crippen molar-refractivity contribution in [2.45, 2.75) is 32.2 Å². The van der Waals surface area contributed by atoms with E-state index in [2.05, 4.69) is 0 Å². The maximum atomic E-state index is 13.8. The zero-order valence-corrected chi connectivity index (χ0v) is 12.7. The van der Waals surface area contributed by atoms with Gasteiger partial charge in [0, 0.05) is 24.6 Å². The number of hydrogen-bond donors (Lipinski definition) is 1. The molecule has 0 aliphatic heterocycles.